The van der Waals surface area contributed by atoms with Crippen LogP contribution in [0.1, 0.15) is 31.9 Å². The number of hydrogen-bond acceptors (Lipinski definition) is 4. The number of nitrogens with two attached hydrogens (primary N) is 1. The maximum absolute atomic E-state index is 5.98. The molecule has 2 unspecified atom stereocenters. The molecule has 0 aromatic heterocycles. The van der Waals surface area contributed by atoms with E-state index in [9.17, 15) is 0 Å². The Hall–Kier alpha value is -0.710. The number of ether oxygens (including phenoxy) is 1. The number of nitrogens with zero attached hydrogens (tertiary/aromatic N) is 1. The molecule has 0 aliphatic carbocycles. The molecule has 0 heterocycles. The van der Waals surface area contributed by atoms with E-state index < -0.39 is 0 Å². The lowest BCUT2D eigenvalue weighted by atomic mass is 10.0. The Labute approximate surface area is 127 Å². The van der Waals surface area contributed by atoms with Crippen molar-refractivity contribution in [2.24, 2.45) is 5.73 Å². The zero-order valence-electron chi connectivity index (χ0n) is 13.1. The van der Waals surface area contributed by atoms with Crippen LogP contribution in [-0.2, 0) is 0 Å². The Bertz CT molecular complexity index is 369. The summed E-state index contributed by atoms with van der Waals surface area (Å²) >= 11 is 1.87. The zero-order valence-corrected chi connectivity index (χ0v) is 14.0. The van der Waals surface area contributed by atoms with E-state index in [0.29, 0.717) is 12.6 Å². The molecule has 0 radical (unpaired) electrons. The quantitative estimate of drug-likeness (QED) is 0.760. The molecule has 0 saturated heterocycles. The summed E-state index contributed by atoms with van der Waals surface area (Å²) in [6, 6.07) is 9.11. The molecule has 0 bridgehead atoms. The first-order valence-corrected chi connectivity index (χ1v) is 8.67. The van der Waals surface area contributed by atoms with E-state index in [1.807, 2.05) is 23.9 Å². The predicted molar refractivity (Wildman–Crippen MR) is 89.6 cm³/mol. The van der Waals surface area contributed by atoms with Crippen molar-refractivity contribution in [3.05, 3.63) is 29.8 Å². The van der Waals surface area contributed by atoms with Crippen molar-refractivity contribution in [2.45, 2.75) is 32.4 Å². The van der Waals surface area contributed by atoms with Gasteiger partial charge in [0.2, 0.25) is 0 Å². The first-order chi connectivity index (χ1) is 9.63. The van der Waals surface area contributed by atoms with Crippen molar-refractivity contribution in [3.8, 4) is 5.75 Å². The van der Waals surface area contributed by atoms with E-state index in [4.69, 9.17) is 10.5 Å². The van der Waals surface area contributed by atoms with Crippen LogP contribution in [0, 0.1) is 0 Å². The van der Waals surface area contributed by atoms with E-state index in [1.165, 1.54) is 5.56 Å². The van der Waals surface area contributed by atoms with Crippen LogP contribution in [0.4, 0.5) is 0 Å². The molecule has 0 aliphatic heterocycles. The lowest BCUT2D eigenvalue weighted by Crippen LogP contribution is -2.38. The highest BCUT2D eigenvalue weighted by Crippen LogP contribution is 2.23. The summed E-state index contributed by atoms with van der Waals surface area (Å²) in [7, 11) is 2.15. The van der Waals surface area contributed by atoms with Crippen LogP contribution in [0.25, 0.3) is 0 Å². The fraction of sp³-hybridized carbons (Fsp3) is 0.625. The molecule has 2 atom stereocenters. The molecule has 4 heteroatoms. The molecule has 3 nitrogen and oxygen atoms in total. The normalized spacial score (nSPS) is 14.3. The third kappa shape index (κ3) is 5.00. The summed E-state index contributed by atoms with van der Waals surface area (Å²) in [5.41, 5.74) is 7.23. The van der Waals surface area contributed by atoms with Gasteiger partial charge in [0, 0.05) is 24.4 Å². The Kier molecular flexibility index (Phi) is 8.04. The minimum Gasteiger partial charge on any atom is -0.494 e. The number of thioether (sulfide) groups is 1. The summed E-state index contributed by atoms with van der Waals surface area (Å²) < 4.78 is 5.62. The van der Waals surface area contributed by atoms with Gasteiger partial charge in [-0.1, -0.05) is 19.1 Å². The van der Waals surface area contributed by atoms with E-state index in [1.54, 1.807) is 0 Å². The second-order valence-electron chi connectivity index (χ2n) is 5.14. The van der Waals surface area contributed by atoms with Gasteiger partial charge < -0.3 is 10.5 Å². The first-order valence-electron chi connectivity index (χ1n) is 7.27. The molecule has 20 heavy (non-hydrogen) atoms. The van der Waals surface area contributed by atoms with Crippen LogP contribution in [0.5, 0.6) is 5.75 Å². The maximum atomic E-state index is 5.98. The van der Waals surface area contributed by atoms with Gasteiger partial charge in [0.25, 0.3) is 0 Å². The van der Waals surface area contributed by atoms with Crippen molar-refractivity contribution in [2.75, 3.05) is 32.2 Å². The smallest absolute Gasteiger partial charge is 0.119 e. The van der Waals surface area contributed by atoms with Crippen LogP contribution in [0.3, 0.4) is 0 Å². The Morgan fingerprint density at radius 3 is 2.45 bits per heavy atom. The van der Waals surface area contributed by atoms with Crippen molar-refractivity contribution < 1.29 is 4.74 Å². The second-order valence-corrected chi connectivity index (χ2v) is 6.05. The molecule has 114 valence electrons. The van der Waals surface area contributed by atoms with Gasteiger partial charge in [-0.05, 0) is 44.3 Å². The third-order valence-electron chi connectivity index (χ3n) is 3.56. The first kappa shape index (κ1) is 17.3. The summed E-state index contributed by atoms with van der Waals surface area (Å²) in [6.45, 7) is 5.76. The Morgan fingerprint density at radius 1 is 1.30 bits per heavy atom. The van der Waals surface area contributed by atoms with Gasteiger partial charge in [0.15, 0.2) is 0 Å². The van der Waals surface area contributed by atoms with Crippen LogP contribution in [0.2, 0.25) is 0 Å². The van der Waals surface area contributed by atoms with Crippen LogP contribution in [0.15, 0.2) is 24.3 Å². The van der Waals surface area contributed by atoms with Crippen molar-refractivity contribution in [1.29, 1.82) is 0 Å². The largest absolute Gasteiger partial charge is 0.494 e. The van der Waals surface area contributed by atoms with Crippen LogP contribution in [-0.4, -0.2) is 43.1 Å². The van der Waals surface area contributed by atoms with Crippen molar-refractivity contribution >= 4 is 11.8 Å². The average molecular weight is 296 g/mol. The highest BCUT2D eigenvalue weighted by molar-refractivity contribution is 7.98. The van der Waals surface area contributed by atoms with Crippen LogP contribution < -0.4 is 10.5 Å². The molecule has 1 aromatic carbocycles. The molecule has 0 saturated carbocycles. The highest BCUT2D eigenvalue weighted by atomic mass is 32.2. The molecule has 0 aliphatic rings. The molecule has 1 rings (SSSR count). The van der Waals surface area contributed by atoms with Gasteiger partial charge in [0.05, 0.1) is 6.61 Å². The van der Waals surface area contributed by atoms with E-state index in [2.05, 4.69) is 44.2 Å². The fourth-order valence-electron chi connectivity index (χ4n) is 2.21. The minimum absolute atomic E-state index is 0.261. The summed E-state index contributed by atoms with van der Waals surface area (Å²) in [6.07, 6.45) is 3.17. The lowest BCUT2D eigenvalue weighted by Gasteiger charge is -2.32. The van der Waals surface area contributed by atoms with Crippen molar-refractivity contribution in [1.82, 2.24) is 4.90 Å². The number of rotatable bonds is 9. The van der Waals surface area contributed by atoms with Gasteiger partial charge in [-0.25, -0.2) is 0 Å². The summed E-state index contributed by atoms with van der Waals surface area (Å²) in [4.78, 5) is 2.36. The average Bonchev–Trinajstić information content (AvgIpc) is 2.47. The van der Waals surface area contributed by atoms with Gasteiger partial charge in [-0.2, -0.15) is 11.8 Å². The van der Waals surface area contributed by atoms with Crippen molar-refractivity contribution in [3.63, 3.8) is 0 Å². The molecule has 1 aromatic rings. The summed E-state index contributed by atoms with van der Waals surface area (Å²) in [5.74, 6) is 2.05. The van der Waals surface area contributed by atoms with E-state index in [-0.39, 0.29) is 6.04 Å². The van der Waals surface area contributed by atoms with Gasteiger partial charge in [-0.15, -0.1) is 0 Å². The second kappa shape index (κ2) is 9.27. The van der Waals surface area contributed by atoms with Gasteiger partial charge in [0.1, 0.15) is 5.75 Å². The topological polar surface area (TPSA) is 38.5 Å². The fourth-order valence-corrected chi connectivity index (χ4v) is 2.93. The Balaban J connectivity index is 2.74. The highest BCUT2D eigenvalue weighted by Gasteiger charge is 2.19. The molecular formula is C16H28N2OS. The zero-order chi connectivity index (χ0) is 15.0. The van der Waals surface area contributed by atoms with Crippen LogP contribution >= 0.6 is 11.8 Å². The Morgan fingerprint density at radius 2 is 1.95 bits per heavy atom. The maximum Gasteiger partial charge on any atom is 0.119 e. The molecule has 0 spiro atoms. The molecule has 0 amide bonds. The number of benzene rings is 1. The van der Waals surface area contributed by atoms with Gasteiger partial charge in [-0.3, -0.25) is 4.90 Å². The minimum atomic E-state index is 0.261. The SMILES string of the molecule is CCCOc1ccc(C(CN)N(C)C(C)CSC)cc1. The molecular weight excluding hydrogens is 268 g/mol. The number of likely N-dealkylation sites (N-methyl/N-ethyl adjacent to an activating group) is 1. The standard InChI is InChI=1S/C16H28N2OS/c1-5-10-19-15-8-6-14(7-9-15)16(11-17)18(3)13(2)12-20-4/h6-9,13,16H,5,10-12,17H2,1-4H3. The monoisotopic (exact) mass is 296 g/mol. The van der Waals surface area contributed by atoms with Gasteiger partial charge >= 0.3 is 0 Å². The van der Waals surface area contributed by atoms with E-state index in [0.717, 1.165) is 24.5 Å². The third-order valence-corrected chi connectivity index (χ3v) is 4.37. The van der Waals surface area contributed by atoms with E-state index >= 15 is 0 Å². The summed E-state index contributed by atoms with van der Waals surface area (Å²) in [5, 5.41) is 0. The predicted octanol–water partition coefficient (Wildman–Crippen LogP) is 3.16. The lowest BCUT2D eigenvalue weighted by molar-refractivity contribution is 0.204. The molecule has 2 N–H and O–H groups in total. The molecule has 0 fully saturated rings. The number of hydrogen-bond donors (Lipinski definition) is 1.